The van der Waals surface area contributed by atoms with E-state index in [1.165, 1.54) is 0 Å². The van der Waals surface area contributed by atoms with E-state index in [4.69, 9.17) is 23.2 Å². The van der Waals surface area contributed by atoms with Gasteiger partial charge in [0.2, 0.25) is 0 Å². The zero-order valence-electron chi connectivity index (χ0n) is 9.23. The van der Waals surface area contributed by atoms with Crippen LogP contribution < -0.4 is 0 Å². The standard InChI is InChI=1S/C13H11Cl2NO/c1-9(16-6-2-3-11(16)8-17)12-5-4-10(14)7-13(12)15/h2-9H,1H3. The van der Waals surface area contributed by atoms with Crippen molar-refractivity contribution >= 4 is 29.5 Å². The average molecular weight is 268 g/mol. The van der Waals surface area contributed by atoms with Gasteiger partial charge in [-0.25, -0.2) is 0 Å². The number of halogens is 2. The Morgan fingerprint density at radius 2 is 2.06 bits per heavy atom. The van der Waals surface area contributed by atoms with E-state index in [1.54, 1.807) is 18.2 Å². The summed E-state index contributed by atoms with van der Waals surface area (Å²) < 4.78 is 1.88. The molecule has 2 aromatic rings. The van der Waals surface area contributed by atoms with Gasteiger partial charge in [-0.2, -0.15) is 0 Å². The Morgan fingerprint density at radius 3 is 2.71 bits per heavy atom. The zero-order valence-corrected chi connectivity index (χ0v) is 10.7. The Morgan fingerprint density at radius 1 is 1.29 bits per heavy atom. The van der Waals surface area contributed by atoms with E-state index in [-0.39, 0.29) is 6.04 Å². The van der Waals surface area contributed by atoms with Gasteiger partial charge in [0.25, 0.3) is 0 Å². The number of carbonyl (C=O) groups excluding carboxylic acids is 1. The Hall–Kier alpha value is -1.25. The van der Waals surface area contributed by atoms with Crippen molar-refractivity contribution < 1.29 is 4.79 Å². The Kier molecular flexibility index (Phi) is 3.55. The fourth-order valence-electron chi connectivity index (χ4n) is 1.85. The van der Waals surface area contributed by atoms with Gasteiger partial charge in [0.15, 0.2) is 6.29 Å². The Balaban J connectivity index is 2.43. The molecule has 0 amide bonds. The smallest absolute Gasteiger partial charge is 0.166 e. The summed E-state index contributed by atoms with van der Waals surface area (Å²) in [5.41, 5.74) is 1.57. The number of rotatable bonds is 3. The van der Waals surface area contributed by atoms with Crippen LogP contribution in [0.1, 0.15) is 29.0 Å². The molecule has 0 radical (unpaired) electrons. The van der Waals surface area contributed by atoms with Gasteiger partial charge in [-0.05, 0) is 36.8 Å². The minimum atomic E-state index is -0.00466. The van der Waals surface area contributed by atoms with E-state index in [2.05, 4.69) is 0 Å². The third kappa shape index (κ3) is 2.38. The van der Waals surface area contributed by atoms with Gasteiger partial charge in [-0.1, -0.05) is 29.3 Å². The molecule has 0 saturated carbocycles. The second-order valence-electron chi connectivity index (χ2n) is 3.80. The lowest BCUT2D eigenvalue weighted by atomic mass is 10.1. The molecule has 0 aliphatic carbocycles. The van der Waals surface area contributed by atoms with Crippen LogP contribution in [0.5, 0.6) is 0 Å². The number of aromatic nitrogens is 1. The molecule has 17 heavy (non-hydrogen) atoms. The van der Waals surface area contributed by atoms with Crippen molar-refractivity contribution in [2.45, 2.75) is 13.0 Å². The zero-order chi connectivity index (χ0) is 12.4. The van der Waals surface area contributed by atoms with Gasteiger partial charge in [-0.15, -0.1) is 0 Å². The highest BCUT2D eigenvalue weighted by atomic mass is 35.5. The van der Waals surface area contributed by atoms with Crippen molar-refractivity contribution in [2.75, 3.05) is 0 Å². The highest BCUT2D eigenvalue weighted by molar-refractivity contribution is 6.35. The van der Waals surface area contributed by atoms with Gasteiger partial charge in [0, 0.05) is 16.2 Å². The van der Waals surface area contributed by atoms with Crippen LogP contribution in [0.2, 0.25) is 10.0 Å². The SMILES string of the molecule is CC(c1ccc(Cl)cc1Cl)n1cccc1C=O. The molecule has 1 unspecified atom stereocenters. The summed E-state index contributed by atoms with van der Waals surface area (Å²) in [4.78, 5) is 10.9. The van der Waals surface area contributed by atoms with Crippen LogP contribution in [0, 0.1) is 0 Å². The summed E-state index contributed by atoms with van der Waals surface area (Å²) in [7, 11) is 0. The number of aldehydes is 1. The van der Waals surface area contributed by atoms with Crippen molar-refractivity contribution in [3.63, 3.8) is 0 Å². The topological polar surface area (TPSA) is 22.0 Å². The summed E-state index contributed by atoms with van der Waals surface area (Å²) >= 11 is 12.0. The minimum Gasteiger partial charge on any atom is -0.338 e. The third-order valence-corrected chi connectivity index (χ3v) is 3.32. The minimum absolute atomic E-state index is 0.00466. The number of hydrogen-bond donors (Lipinski definition) is 0. The van der Waals surface area contributed by atoms with E-state index in [9.17, 15) is 4.79 Å². The molecule has 0 saturated heterocycles. The van der Waals surface area contributed by atoms with E-state index in [0.29, 0.717) is 15.7 Å². The summed E-state index contributed by atoms with van der Waals surface area (Å²) in [5.74, 6) is 0. The predicted molar refractivity (Wildman–Crippen MR) is 70.1 cm³/mol. The Labute approximate surface area is 110 Å². The van der Waals surface area contributed by atoms with Crippen LogP contribution in [-0.4, -0.2) is 10.9 Å². The van der Waals surface area contributed by atoms with E-state index in [1.807, 2.05) is 29.8 Å². The molecule has 0 aliphatic heterocycles. The second kappa shape index (κ2) is 4.94. The summed E-state index contributed by atoms with van der Waals surface area (Å²) in [6, 6.07) is 8.99. The van der Waals surface area contributed by atoms with Crippen LogP contribution in [-0.2, 0) is 0 Å². The van der Waals surface area contributed by atoms with Crippen molar-refractivity contribution in [1.29, 1.82) is 0 Å². The average Bonchev–Trinajstić information content (AvgIpc) is 2.76. The largest absolute Gasteiger partial charge is 0.338 e. The first-order chi connectivity index (χ1) is 8.13. The van der Waals surface area contributed by atoms with Gasteiger partial charge in [0.1, 0.15) is 0 Å². The molecule has 0 spiro atoms. The fourth-order valence-corrected chi connectivity index (χ4v) is 2.42. The molecule has 0 aliphatic rings. The molecule has 0 fully saturated rings. The molecular weight excluding hydrogens is 257 g/mol. The summed E-state index contributed by atoms with van der Waals surface area (Å²) in [6.45, 7) is 1.99. The highest BCUT2D eigenvalue weighted by Crippen LogP contribution is 2.29. The first-order valence-electron chi connectivity index (χ1n) is 5.20. The molecule has 4 heteroatoms. The molecule has 88 valence electrons. The number of carbonyl (C=O) groups is 1. The Bertz CT molecular complexity index is 548. The fraction of sp³-hybridized carbons (Fsp3) is 0.154. The maximum atomic E-state index is 10.9. The van der Waals surface area contributed by atoms with Crippen molar-refractivity contribution in [3.8, 4) is 0 Å². The van der Waals surface area contributed by atoms with Gasteiger partial charge in [0.05, 0.1) is 11.7 Å². The van der Waals surface area contributed by atoms with Crippen LogP contribution in [0.25, 0.3) is 0 Å². The van der Waals surface area contributed by atoms with Crippen LogP contribution in [0.15, 0.2) is 36.5 Å². The monoisotopic (exact) mass is 267 g/mol. The first-order valence-corrected chi connectivity index (χ1v) is 5.96. The normalized spacial score (nSPS) is 12.4. The summed E-state index contributed by atoms with van der Waals surface area (Å²) in [5, 5.41) is 1.21. The second-order valence-corrected chi connectivity index (χ2v) is 4.64. The number of nitrogens with zero attached hydrogens (tertiary/aromatic N) is 1. The molecular formula is C13H11Cl2NO. The first kappa shape index (κ1) is 12.2. The maximum Gasteiger partial charge on any atom is 0.166 e. The van der Waals surface area contributed by atoms with Gasteiger partial charge in [-0.3, -0.25) is 4.79 Å². The van der Waals surface area contributed by atoms with Crippen LogP contribution in [0.4, 0.5) is 0 Å². The molecule has 2 rings (SSSR count). The maximum absolute atomic E-state index is 10.9. The van der Waals surface area contributed by atoms with Crippen LogP contribution in [0.3, 0.4) is 0 Å². The number of benzene rings is 1. The lowest BCUT2D eigenvalue weighted by Crippen LogP contribution is -2.09. The molecule has 1 atom stereocenters. The number of hydrogen-bond acceptors (Lipinski definition) is 1. The molecule has 0 N–H and O–H groups in total. The van der Waals surface area contributed by atoms with Crippen molar-refractivity contribution in [2.24, 2.45) is 0 Å². The molecule has 2 nitrogen and oxygen atoms in total. The third-order valence-electron chi connectivity index (χ3n) is 2.76. The van der Waals surface area contributed by atoms with Crippen molar-refractivity contribution in [1.82, 2.24) is 4.57 Å². The predicted octanol–water partition coefficient (Wildman–Crippen LogP) is 4.22. The van der Waals surface area contributed by atoms with E-state index < -0.39 is 0 Å². The quantitative estimate of drug-likeness (QED) is 0.764. The van der Waals surface area contributed by atoms with Crippen LogP contribution >= 0.6 is 23.2 Å². The lowest BCUT2D eigenvalue weighted by Gasteiger charge is -2.17. The molecule has 1 heterocycles. The molecule has 1 aromatic heterocycles. The van der Waals surface area contributed by atoms with E-state index in [0.717, 1.165) is 11.8 Å². The van der Waals surface area contributed by atoms with Crippen molar-refractivity contribution in [3.05, 3.63) is 57.8 Å². The lowest BCUT2D eigenvalue weighted by molar-refractivity contribution is 0.111. The van der Waals surface area contributed by atoms with E-state index >= 15 is 0 Å². The highest BCUT2D eigenvalue weighted by Gasteiger charge is 2.13. The van der Waals surface area contributed by atoms with Gasteiger partial charge < -0.3 is 4.57 Å². The molecule has 0 bridgehead atoms. The molecule has 1 aromatic carbocycles. The summed E-state index contributed by atoms with van der Waals surface area (Å²) in [6.07, 6.45) is 2.69. The van der Waals surface area contributed by atoms with Gasteiger partial charge >= 0.3 is 0 Å².